The van der Waals surface area contributed by atoms with Gasteiger partial charge in [0.15, 0.2) is 0 Å². The molecule has 1 aliphatic rings. The van der Waals surface area contributed by atoms with Gasteiger partial charge < -0.3 is 14.6 Å². The highest BCUT2D eigenvalue weighted by molar-refractivity contribution is 9.10. The zero-order valence-electron chi connectivity index (χ0n) is 18.1. The minimum Gasteiger partial charge on any atom is -0.444 e. The number of likely N-dealkylation sites (tertiary alicyclic amines) is 1. The highest BCUT2D eigenvalue weighted by atomic mass is 79.9. The van der Waals surface area contributed by atoms with Crippen molar-refractivity contribution in [3.63, 3.8) is 0 Å². The van der Waals surface area contributed by atoms with E-state index in [4.69, 9.17) is 32.9 Å². The van der Waals surface area contributed by atoms with Gasteiger partial charge in [0.2, 0.25) is 0 Å². The van der Waals surface area contributed by atoms with Crippen LogP contribution in [0.3, 0.4) is 0 Å². The Morgan fingerprint density at radius 2 is 1.72 bits per heavy atom. The number of fused-ring (bicyclic) bond motifs is 1. The van der Waals surface area contributed by atoms with Crippen LogP contribution in [0.15, 0.2) is 46.4 Å². The number of H-pyrrole nitrogens is 1. The normalized spacial score (nSPS) is 14.7. The van der Waals surface area contributed by atoms with Gasteiger partial charge in [0, 0.05) is 23.1 Å². The number of hydrogen-bond donors (Lipinski definition) is 1. The lowest BCUT2D eigenvalue weighted by Crippen LogP contribution is -2.40. The number of imidazole rings is 1. The number of hydrogen-bond acceptors (Lipinski definition) is 3. The van der Waals surface area contributed by atoms with Gasteiger partial charge in [-0.1, -0.05) is 56.8 Å². The first-order chi connectivity index (χ1) is 15.1. The van der Waals surface area contributed by atoms with E-state index in [1.807, 2.05) is 32.9 Å². The summed E-state index contributed by atoms with van der Waals surface area (Å²) in [7, 11) is 0. The van der Waals surface area contributed by atoms with E-state index < -0.39 is 5.60 Å². The lowest BCUT2D eigenvalue weighted by atomic mass is 9.92. The van der Waals surface area contributed by atoms with E-state index in [9.17, 15) is 4.79 Å². The number of rotatable bonds is 2. The van der Waals surface area contributed by atoms with Gasteiger partial charge in [-0.2, -0.15) is 0 Å². The van der Waals surface area contributed by atoms with Gasteiger partial charge in [0.1, 0.15) is 11.4 Å². The number of benzene rings is 2. The maximum Gasteiger partial charge on any atom is 0.410 e. The van der Waals surface area contributed by atoms with E-state index in [-0.39, 0.29) is 6.09 Å². The van der Waals surface area contributed by atoms with Crippen molar-refractivity contribution in [2.45, 2.75) is 39.2 Å². The Bertz CT molecular complexity index is 1150. The zero-order valence-corrected chi connectivity index (χ0v) is 21.2. The van der Waals surface area contributed by atoms with Crippen LogP contribution in [0.5, 0.6) is 0 Å². The Balaban J connectivity index is 1.71. The van der Waals surface area contributed by atoms with Crippen molar-refractivity contribution in [2.24, 2.45) is 0 Å². The Hall–Kier alpha value is -2.02. The van der Waals surface area contributed by atoms with Gasteiger partial charge in [0.25, 0.3) is 0 Å². The Morgan fingerprint density at radius 1 is 1.09 bits per heavy atom. The number of halogens is 3. The Labute approximate surface area is 205 Å². The van der Waals surface area contributed by atoms with Crippen molar-refractivity contribution in [3.8, 4) is 0 Å². The third kappa shape index (κ3) is 5.13. The van der Waals surface area contributed by atoms with Crippen LogP contribution in [-0.4, -0.2) is 39.7 Å². The molecule has 1 aliphatic heterocycles. The fourth-order valence-electron chi connectivity index (χ4n) is 3.78. The van der Waals surface area contributed by atoms with Crippen molar-refractivity contribution in [2.75, 3.05) is 13.1 Å². The fraction of sp³-hybridized carbons (Fsp3) is 0.333. The minimum absolute atomic E-state index is 0.269. The quantitative estimate of drug-likeness (QED) is 0.369. The fourth-order valence-corrected chi connectivity index (χ4v) is 4.37. The Kier molecular flexibility index (Phi) is 6.57. The minimum atomic E-state index is -0.507. The summed E-state index contributed by atoms with van der Waals surface area (Å²) < 4.78 is 6.55. The van der Waals surface area contributed by atoms with Gasteiger partial charge in [-0.3, -0.25) is 0 Å². The number of carbonyl (C=O) groups excluding carboxylic acids is 1. The summed E-state index contributed by atoms with van der Waals surface area (Å²) in [5, 5.41) is 0.957. The molecular weight excluding hydrogens is 513 g/mol. The third-order valence-corrected chi connectivity index (χ3v) is 6.52. The molecule has 0 radical (unpaired) electrons. The second-order valence-electron chi connectivity index (χ2n) is 8.82. The number of ether oxygens (including phenoxy) is 1. The van der Waals surface area contributed by atoms with E-state index in [1.54, 1.807) is 17.0 Å². The SMILES string of the molecule is CC(C)(C)OC(=O)N1CCC(=C(c2ccc(Br)cc2)c2nc3cc(Cl)c(Cl)cc3[nH]2)CC1. The molecule has 1 aromatic heterocycles. The van der Waals surface area contributed by atoms with Gasteiger partial charge in [-0.15, -0.1) is 0 Å². The van der Waals surface area contributed by atoms with Gasteiger partial charge >= 0.3 is 6.09 Å². The van der Waals surface area contributed by atoms with Crippen LogP contribution in [0, 0.1) is 0 Å². The second-order valence-corrected chi connectivity index (χ2v) is 10.6. The first kappa shape index (κ1) is 23.1. The predicted octanol–water partition coefficient (Wildman–Crippen LogP) is 7.47. The van der Waals surface area contributed by atoms with E-state index in [0.717, 1.165) is 45.3 Å². The lowest BCUT2D eigenvalue weighted by Gasteiger charge is -2.31. The lowest BCUT2D eigenvalue weighted by molar-refractivity contribution is 0.0236. The van der Waals surface area contributed by atoms with E-state index in [1.165, 1.54) is 5.57 Å². The molecule has 2 aromatic carbocycles. The van der Waals surface area contributed by atoms with Crippen LogP contribution in [-0.2, 0) is 4.74 Å². The van der Waals surface area contributed by atoms with Gasteiger partial charge in [-0.25, -0.2) is 9.78 Å². The van der Waals surface area contributed by atoms with Crippen LogP contribution in [0.1, 0.15) is 45.0 Å². The van der Waals surface area contributed by atoms with Crippen LogP contribution < -0.4 is 0 Å². The highest BCUT2D eigenvalue weighted by Gasteiger charge is 2.27. The maximum absolute atomic E-state index is 12.5. The van der Waals surface area contributed by atoms with E-state index in [0.29, 0.717) is 23.1 Å². The number of nitrogens with one attached hydrogen (secondary N) is 1. The van der Waals surface area contributed by atoms with Crippen molar-refractivity contribution >= 4 is 61.8 Å². The summed E-state index contributed by atoms with van der Waals surface area (Å²) in [5.41, 5.74) is 4.43. The second kappa shape index (κ2) is 9.08. The number of nitrogens with zero attached hydrogens (tertiary/aromatic N) is 2. The molecule has 0 aliphatic carbocycles. The van der Waals surface area contributed by atoms with Crippen molar-refractivity contribution in [3.05, 3.63) is 67.9 Å². The third-order valence-electron chi connectivity index (χ3n) is 5.27. The van der Waals surface area contributed by atoms with Crippen molar-refractivity contribution in [1.82, 2.24) is 14.9 Å². The first-order valence-corrected chi connectivity index (χ1v) is 12.0. The average molecular weight is 537 g/mol. The molecule has 4 rings (SSSR count). The molecule has 5 nitrogen and oxygen atoms in total. The van der Waals surface area contributed by atoms with Crippen molar-refractivity contribution in [1.29, 1.82) is 0 Å². The summed E-state index contributed by atoms with van der Waals surface area (Å²) in [5.74, 6) is 0.765. The van der Waals surface area contributed by atoms with Crippen LogP contribution >= 0.6 is 39.1 Å². The van der Waals surface area contributed by atoms with E-state index in [2.05, 4.69) is 33.0 Å². The molecule has 0 unspecified atom stereocenters. The predicted molar refractivity (Wildman–Crippen MR) is 133 cm³/mol. The molecule has 2 heterocycles. The molecule has 168 valence electrons. The molecule has 1 saturated heterocycles. The molecule has 3 aromatic rings. The summed E-state index contributed by atoms with van der Waals surface area (Å²) in [6, 6.07) is 11.7. The topological polar surface area (TPSA) is 58.2 Å². The smallest absolute Gasteiger partial charge is 0.410 e. The first-order valence-electron chi connectivity index (χ1n) is 10.4. The molecule has 8 heteroatoms. The van der Waals surface area contributed by atoms with Gasteiger partial charge in [0.05, 0.1) is 21.1 Å². The standard InChI is InChI=1S/C24H24BrCl2N3O2/c1-24(2,3)32-23(31)30-10-8-15(9-11-30)21(14-4-6-16(25)7-5-14)22-28-19-12-17(26)18(27)13-20(19)29-22/h4-7,12-13H,8-11H2,1-3H3,(H,28,29). The molecule has 0 atom stereocenters. The summed E-state index contributed by atoms with van der Waals surface area (Å²) in [6.07, 6.45) is 1.21. The number of aromatic amines is 1. The number of piperidine rings is 1. The molecule has 0 saturated carbocycles. The highest BCUT2D eigenvalue weighted by Crippen LogP contribution is 2.34. The molecule has 1 fully saturated rings. The number of aromatic nitrogens is 2. The average Bonchev–Trinajstić information content (AvgIpc) is 3.11. The maximum atomic E-state index is 12.5. The van der Waals surface area contributed by atoms with E-state index >= 15 is 0 Å². The molecule has 32 heavy (non-hydrogen) atoms. The monoisotopic (exact) mass is 535 g/mol. The number of carbonyl (C=O) groups is 1. The van der Waals surface area contributed by atoms with Gasteiger partial charge in [-0.05, 0) is 63.4 Å². The summed E-state index contributed by atoms with van der Waals surface area (Å²) in [6.45, 7) is 6.84. The molecule has 1 N–H and O–H groups in total. The molecule has 0 spiro atoms. The summed E-state index contributed by atoms with van der Waals surface area (Å²) in [4.78, 5) is 22.5. The van der Waals surface area contributed by atoms with Crippen molar-refractivity contribution < 1.29 is 9.53 Å². The molecular formula is C24H24BrCl2N3O2. The molecule has 0 bridgehead atoms. The number of amides is 1. The Morgan fingerprint density at radius 3 is 2.34 bits per heavy atom. The largest absolute Gasteiger partial charge is 0.444 e. The molecule has 1 amide bonds. The summed E-state index contributed by atoms with van der Waals surface area (Å²) >= 11 is 15.9. The zero-order chi connectivity index (χ0) is 23.0. The van der Waals surface area contributed by atoms with Crippen LogP contribution in [0.2, 0.25) is 10.0 Å². The van der Waals surface area contributed by atoms with Crippen LogP contribution in [0.4, 0.5) is 4.79 Å². The van der Waals surface area contributed by atoms with Crippen LogP contribution in [0.25, 0.3) is 16.6 Å².